The molecule has 2 nitrogen and oxygen atoms in total. The van der Waals surface area contributed by atoms with Gasteiger partial charge < -0.3 is 5.32 Å². The lowest BCUT2D eigenvalue weighted by atomic mass is 9.99. The standard InChI is InChI=1S/C19H26N2/c1-3-4-6-14-19(17-11-7-5-8-12-17)21-16(2)18-13-9-10-15-20-18/h5,7-13,15-16,19,21H,3-4,6,14H2,1-2H3/t16-,19?/m0/s1. The van der Waals surface area contributed by atoms with Crippen molar-refractivity contribution in [2.24, 2.45) is 0 Å². The molecule has 1 aromatic heterocycles. The fraction of sp³-hybridized carbons (Fsp3) is 0.421. The minimum Gasteiger partial charge on any atom is -0.302 e. The maximum absolute atomic E-state index is 4.46. The number of rotatable bonds is 8. The molecule has 0 aliphatic heterocycles. The van der Waals surface area contributed by atoms with Crippen molar-refractivity contribution in [3.63, 3.8) is 0 Å². The Balaban J connectivity index is 2.05. The van der Waals surface area contributed by atoms with Gasteiger partial charge in [0.2, 0.25) is 0 Å². The Morgan fingerprint density at radius 1 is 1.00 bits per heavy atom. The van der Waals surface area contributed by atoms with Crippen molar-refractivity contribution in [1.29, 1.82) is 0 Å². The van der Waals surface area contributed by atoms with Crippen molar-refractivity contribution < 1.29 is 0 Å². The molecule has 0 amide bonds. The van der Waals surface area contributed by atoms with Crippen LogP contribution in [0.1, 0.15) is 62.9 Å². The van der Waals surface area contributed by atoms with Gasteiger partial charge in [-0.3, -0.25) is 4.98 Å². The van der Waals surface area contributed by atoms with E-state index in [1.165, 1.54) is 31.2 Å². The average molecular weight is 282 g/mol. The predicted molar refractivity (Wildman–Crippen MR) is 89.1 cm³/mol. The number of benzene rings is 1. The first-order chi connectivity index (χ1) is 10.3. The maximum atomic E-state index is 4.46. The molecule has 0 fully saturated rings. The van der Waals surface area contributed by atoms with Crippen LogP contribution in [0.25, 0.3) is 0 Å². The van der Waals surface area contributed by atoms with Crippen LogP contribution in [0, 0.1) is 0 Å². The molecule has 2 rings (SSSR count). The summed E-state index contributed by atoms with van der Waals surface area (Å²) >= 11 is 0. The lowest BCUT2D eigenvalue weighted by Gasteiger charge is -2.23. The van der Waals surface area contributed by atoms with Crippen LogP contribution in [0.2, 0.25) is 0 Å². The molecule has 0 aliphatic rings. The topological polar surface area (TPSA) is 24.9 Å². The highest BCUT2D eigenvalue weighted by molar-refractivity contribution is 5.19. The van der Waals surface area contributed by atoms with Crippen LogP contribution in [-0.2, 0) is 0 Å². The third-order valence-electron chi connectivity index (χ3n) is 3.88. The van der Waals surface area contributed by atoms with Crippen LogP contribution in [0.3, 0.4) is 0 Å². The smallest absolute Gasteiger partial charge is 0.0570 e. The summed E-state index contributed by atoms with van der Waals surface area (Å²) in [6.45, 7) is 4.44. The molecule has 2 heteroatoms. The molecule has 0 spiro atoms. The second-order valence-corrected chi connectivity index (χ2v) is 5.60. The van der Waals surface area contributed by atoms with E-state index in [1.807, 2.05) is 12.3 Å². The first-order valence-corrected chi connectivity index (χ1v) is 8.03. The fourth-order valence-corrected chi connectivity index (χ4v) is 2.65. The van der Waals surface area contributed by atoms with Crippen molar-refractivity contribution in [1.82, 2.24) is 10.3 Å². The molecule has 1 heterocycles. The summed E-state index contributed by atoms with van der Waals surface area (Å²) in [7, 11) is 0. The van der Waals surface area contributed by atoms with Crippen molar-refractivity contribution in [2.45, 2.75) is 51.6 Å². The highest BCUT2D eigenvalue weighted by atomic mass is 15.0. The van der Waals surface area contributed by atoms with Crippen molar-refractivity contribution >= 4 is 0 Å². The minimum atomic E-state index is 0.262. The largest absolute Gasteiger partial charge is 0.302 e. The Hall–Kier alpha value is -1.67. The molecular weight excluding hydrogens is 256 g/mol. The highest BCUT2D eigenvalue weighted by Gasteiger charge is 2.15. The van der Waals surface area contributed by atoms with E-state index in [2.05, 4.69) is 66.6 Å². The van der Waals surface area contributed by atoms with E-state index >= 15 is 0 Å². The minimum absolute atomic E-state index is 0.262. The summed E-state index contributed by atoms with van der Waals surface area (Å²) < 4.78 is 0. The number of nitrogens with zero attached hydrogens (tertiary/aromatic N) is 1. The SMILES string of the molecule is CCCCCC(N[C@@H](C)c1ccccn1)c1ccccc1. The van der Waals surface area contributed by atoms with Crippen molar-refractivity contribution in [3.8, 4) is 0 Å². The zero-order valence-electron chi connectivity index (χ0n) is 13.1. The normalized spacial score (nSPS) is 13.8. The Morgan fingerprint density at radius 2 is 1.76 bits per heavy atom. The lowest BCUT2D eigenvalue weighted by Crippen LogP contribution is -2.25. The molecule has 1 aromatic carbocycles. The van der Waals surface area contributed by atoms with Crippen LogP contribution < -0.4 is 5.32 Å². The molecule has 0 aliphatic carbocycles. The second kappa shape index (κ2) is 8.58. The molecule has 21 heavy (non-hydrogen) atoms. The number of hydrogen-bond acceptors (Lipinski definition) is 2. The molecule has 0 bridgehead atoms. The molecule has 0 radical (unpaired) electrons. The first-order valence-electron chi connectivity index (χ1n) is 8.03. The Morgan fingerprint density at radius 3 is 2.43 bits per heavy atom. The third kappa shape index (κ3) is 4.98. The van der Waals surface area contributed by atoms with E-state index in [-0.39, 0.29) is 6.04 Å². The maximum Gasteiger partial charge on any atom is 0.0570 e. The van der Waals surface area contributed by atoms with Gasteiger partial charge in [0.1, 0.15) is 0 Å². The van der Waals surface area contributed by atoms with E-state index in [0.29, 0.717) is 6.04 Å². The Bertz CT molecular complexity index is 495. The van der Waals surface area contributed by atoms with Gasteiger partial charge in [-0.1, -0.05) is 62.6 Å². The van der Waals surface area contributed by atoms with E-state index in [0.717, 1.165) is 5.69 Å². The molecule has 112 valence electrons. The van der Waals surface area contributed by atoms with Gasteiger partial charge in [0.15, 0.2) is 0 Å². The van der Waals surface area contributed by atoms with Gasteiger partial charge >= 0.3 is 0 Å². The number of nitrogens with one attached hydrogen (secondary N) is 1. The van der Waals surface area contributed by atoms with Crippen molar-refractivity contribution in [3.05, 3.63) is 66.0 Å². The molecule has 1 N–H and O–H groups in total. The van der Waals surface area contributed by atoms with E-state index < -0.39 is 0 Å². The third-order valence-corrected chi connectivity index (χ3v) is 3.88. The van der Waals surface area contributed by atoms with E-state index in [4.69, 9.17) is 0 Å². The van der Waals surface area contributed by atoms with Gasteiger partial charge in [0.05, 0.1) is 5.69 Å². The highest BCUT2D eigenvalue weighted by Crippen LogP contribution is 2.23. The van der Waals surface area contributed by atoms with Crippen LogP contribution in [0.4, 0.5) is 0 Å². The molecular formula is C19H26N2. The zero-order valence-corrected chi connectivity index (χ0v) is 13.1. The monoisotopic (exact) mass is 282 g/mol. The van der Waals surface area contributed by atoms with Gasteiger partial charge in [0.25, 0.3) is 0 Å². The van der Waals surface area contributed by atoms with Crippen LogP contribution in [0.15, 0.2) is 54.7 Å². The summed E-state index contributed by atoms with van der Waals surface area (Å²) in [5, 5.41) is 3.75. The first kappa shape index (κ1) is 15.7. The summed E-state index contributed by atoms with van der Waals surface area (Å²) in [5.74, 6) is 0. The van der Waals surface area contributed by atoms with Gasteiger partial charge in [-0.05, 0) is 31.0 Å². The Kier molecular flexibility index (Phi) is 6.42. The summed E-state index contributed by atoms with van der Waals surface area (Å²) in [4.78, 5) is 4.46. The van der Waals surface area contributed by atoms with Crippen LogP contribution in [0.5, 0.6) is 0 Å². The zero-order chi connectivity index (χ0) is 14.9. The molecule has 2 aromatic rings. The number of hydrogen-bond donors (Lipinski definition) is 1. The summed E-state index contributed by atoms with van der Waals surface area (Å²) in [6.07, 6.45) is 6.86. The second-order valence-electron chi connectivity index (χ2n) is 5.60. The van der Waals surface area contributed by atoms with Crippen molar-refractivity contribution in [2.75, 3.05) is 0 Å². The van der Waals surface area contributed by atoms with E-state index in [1.54, 1.807) is 0 Å². The number of pyridine rings is 1. The average Bonchev–Trinajstić information content (AvgIpc) is 2.55. The number of aromatic nitrogens is 1. The van der Waals surface area contributed by atoms with Crippen LogP contribution >= 0.6 is 0 Å². The summed E-state index contributed by atoms with van der Waals surface area (Å²) in [5.41, 5.74) is 2.48. The van der Waals surface area contributed by atoms with Gasteiger partial charge in [-0.2, -0.15) is 0 Å². The summed E-state index contributed by atoms with van der Waals surface area (Å²) in [6, 6.07) is 17.5. The van der Waals surface area contributed by atoms with Gasteiger partial charge in [-0.25, -0.2) is 0 Å². The molecule has 2 atom stereocenters. The molecule has 0 saturated carbocycles. The quantitative estimate of drug-likeness (QED) is 0.685. The fourth-order valence-electron chi connectivity index (χ4n) is 2.65. The predicted octanol–water partition coefficient (Wildman–Crippen LogP) is 5.05. The van der Waals surface area contributed by atoms with E-state index in [9.17, 15) is 0 Å². The lowest BCUT2D eigenvalue weighted by molar-refractivity contribution is 0.422. The van der Waals surface area contributed by atoms with Crippen LogP contribution in [-0.4, -0.2) is 4.98 Å². The Labute approximate surface area is 128 Å². The number of unbranched alkanes of at least 4 members (excludes halogenated alkanes) is 2. The molecule has 1 unspecified atom stereocenters. The van der Waals surface area contributed by atoms with Gasteiger partial charge in [0, 0.05) is 18.3 Å². The molecule has 0 saturated heterocycles. The van der Waals surface area contributed by atoms with Gasteiger partial charge in [-0.15, -0.1) is 0 Å².